The molecule has 94 valence electrons. The van der Waals surface area contributed by atoms with Gasteiger partial charge in [0.05, 0.1) is 5.75 Å². The molecule has 1 aromatic rings. The third-order valence-electron chi connectivity index (χ3n) is 2.05. The van der Waals surface area contributed by atoms with E-state index in [0.29, 0.717) is 0 Å². The lowest BCUT2D eigenvalue weighted by Gasteiger charge is -2.05. The van der Waals surface area contributed by atoms with Gasteiger partial charge in [-0.25, -0.2) is 17.5 Å². The van der Waals surface area contributed by atoms with Crippen molar-refractivity contribution in [2.75, 3.05) is 19.3 Å². The van der Waals surface area contributed by atoms with Crippen LogP contribution in [0.25, 0.3) is 0 Å². The molecule has 0 unspecified atom stereocenters. The highest BCUT2D eigenvalue weighted by Crippen LogP contribution is 2.02. The Kier molecular flexibility index (Phi) is 4.59. The lowest BCUT2D eigenvalue weighted by Crippen LogP contribution is -2.32. The van der Waals surface area contributed by atoms with Gasteiger partial charge in [-0.1, -0.05) is 6.07 Å². The van der Waals surface area contributed by atoms with Gasteiger partial charge in [-0.3, -0.25) is 4.79 Å². The van der Waals surface area contributed by atoms with Gasteiger partial charge in [0.1, 0.15) is 5.82 Å². The molecule has 7 heteroatoms. The van der Waals surface area contributed by atoms with Crippen LogP contribution < -0.4 is 10.0 Å². The van der Waals surface area contributed by atoms with Crippen molar-refractivity contribution in [1.82, 2.24) is 10.0 Å². The van der Waals surface area contributed by atoms with Crippen molar-refractivity contribution in [1.29, 1.82) is 0 Å². The van der Waals surface area contributed by atoms with Gasteiger partial charge >= 0.3 is 0 Å². The van der Waals surface area contributed by atoms with E-state index < -0.39 is 21.7 Å². The first-order valence-corrected chi connectivity index (χ1v) is 6.55. The molecule has 1 amide bonds. The molecule has 0 saturated carbocycles. The number of hydrogen-bond acceptors (Lipinski definition) is 3. The zero-order chi connectivity index (χ0) is 12.9. The number of benzene rings is 1. The molecular weight excluding hydrogens is 247 g/mol. The van der Waals surface area contributed by atoms with Crippen molar-refractivity contribution in [3.05, 3.63) is 35.6 Å². The Hall–Kier alpha value is -1.47. The SMILES string of the molecule is CNS(=O)(=O)CCNC(=O)c1cccc(F)c1. The average molecular weight is 260 g/mol. The summed E-state index contributed by atoms with van der Waals surface area (Å²) in [5, 5.41) is 2.39. The largest absolute Gasteiger partial charge is 0.351 e. The van der Waals surface area contributed by atoms with Gasteiger partial charge in [0.2, 0.25) is 10.0 Å². The summed E-state index contributed by atoms with van der Waals surface area (Å²) in [6.45, 7) is -0.0292. The van der Waals surface area contributed by atoms with Crippen molar-refractivity contribution in [3.8, 4) is 0 Å². The summed E-state index contributed by atoms with van der Waals surface area (Å²) in [5.74, 6) is -1.24. The summed E-state index contributed by atoms with van der Waals surface area (Å²) < 4.78 is 37.0. The number of hydrogen-bond donors (Lipinski definition) is 2. The summed E-state index contributed by atoms with van der Waals surface area (Å²) in [4.78, 5) is 11.5. The van der Waals surface area contributed by atoms with Gasteiger partial charge in [-0.2, -0.15) is 0 Å². The predicted octanol–water partition coefficient (Wildman–Crippen LogP) is 0.105. The Labute approximate surface area is 99.1 Å². The zero-order valence-corrected chi connectivity index (χ0v) is 10.1. The molecule has 0 aliphatic rings. The number of amides is 1. The summed E-state index contributed by atoms with van der Waals surface area (Å²) in [6, 6.07) is 5.17. The van der Waals surface area contributed by atoms with Crippen molar-refractivity contribution in [2.45, 2.75) is 0 Å². The highest BCUT2D eigenvalue weighted by molar-refractivity contribution is 7.89. The highest BCUT2D eigenvalue weighted by Gasteiger charge is 2.09. The van der Waals surface area contributed by atoms with E-state index in [1.807, 2.05) is 0 Å². The molecule has 0 atom stereocenters. The third kappa shape index (κ3) is 4.49. The van der Waals surface area contributed by atoms with E-state index >= 15 is 0 Å². The van der Waals surface area contributed by atoms with E-state index in [2.05, 4.69) is 10.0 Å². The molecule has 1 aromatic carbocycles. The van der Waals surface area contributed by atoms with Crippen molar-refractivity contribution >= 4 is 15.9 Å². The van der Waals surface area contributed by atoms with E-state index in [9.17, 15) is 17.6 Å². The first-order valence-electron chi connectivity index (χ1n) is 4.89. The van der Waals surface area contributed by atoms with Crippen molar-refractivity contribution in [3.63, 3.8) is 0 Å². The molecule has 0 spiro atoms. The molecule has 2 N–H and O–H groups in total. The summed E-state index contributed by atoms with van der Waals surface area (Å²) >= 11 is 0. The number of carbonyl (C=O) groups excluding carboxylic acids is 1. The number of carbonyl (C=O) groups is 1. The molecule has 0 saturated heterocycles. The van der Waals surface area contributed by atoms with Gasteiger partial charge in [-0.15, -0.1) is 0 Å². The maximum absolute atomic E-state index is 12.8. The number of halogens is 1. The van der Waals surface area contributed by atoms with E-state index in [1.54, 1.807) is 0 Å². The fourth-order valence-corrected chi connectivity index (χ4v) is 1.71. The third-order valence-corrected chi connectivity index (χ3v) is 3.42. The monoisotopic (exact) mass is 260 g/mol. The molecule has 0 radical (unpaired) electrons. The lowest BCUT2D eigenvalue weighted by atomic mass is 10.2. The van der Waals surface area contributed by atoms with Crippen LogP contribution in [0.5, 0.6) is 0 Å². The number of nitrogens with one attached hydrogen (secondary N) is 2. The molecule has 5 nitrogen and oxygen atoms in total. The van der Waals surface area contributed by atoms with Crippen LogP contribution in [0.15, 0.2) is 24.3 Å². The first-order chi connectivity index (χ1) is 7.94. The molecule has 0 bridgehead atoms. The number of sulfonamides is 1. The molecule has 0 fully saturated rings. The molecule has 0 aliphatic heterocycles. The molecule has 0 heterocycles. The summed E-state index contributed by atoms with van der Waals surface area (Å²) in [5.41, 5.74) is 0.159. The maximum atomic E-state index is 12.8. The van der Waals surface area contributed by atoms with E-state index in [-0.39, 0.29) is 17.9 Å². The lowest BCUT2D eigenvalue weighted by molar-refractivity contribution is 0.0955. The molecular formula is C10H13FN2O3S. The normalized spacial score (nSPS) is 11.2. The van der Waals surface area contributed by atoms with Crippen molar-refractivity contribution in [2.24, 2.45) is 0 Å². The smallest absolute Gasteiger partial charge is 0.251 e. The maximum Gasteiger partial charge on any atom is 0.251 e. The zero-order valence-electron chi connectivity index (χ0n) is 9.23. The van der Waals surface area contributed by atoms with Gasteiger partial charge in [-0.05, 0) is 25.2 Å². The van der Waals surface area contributed by atoms with Crippen LogP contribution in [-0.4, -0.2) is 33.7 Å². The molecule has 0 aliphatic carbocycles. The second-order valence-corrected chi connectivity index (χ2v) is 5.34. The first kappa shape index (κ1) is 13.6. The van der Waals surface area contributed by atoms with Crippen LogP contribution in [0.3, 0.4) is 0 Å². The van der Waals surface area contributed by atoms with Crippen LogP contribution in [-0.2, 0) is 10.0 Å². The van der Waals surface area contributed by atoms with Crippen LogP contribution in [0.1, 0.15) is 10.4 Å². The van der Waals surface area contributed by atoms with Gasteiger partial charge < -0.3 is 5.32 Å². The second-order valence-electron chi connectivity index (χ2n) is 3.29. The minimum atomic E-state index is -3.34. The second kappa shape index (κ2) is 5.74. The van der Waals surface area contributed by atoms with E-state index in [4.69, 9.17) is 0 Å². The average Bonchev–Trinajstić information content (AvgIpc) is 2.28. The quantitative estimate of drug-likeness (QED) is 0.788. The minimum Gasteiger partial charge on any atom is -0.351 e. The summed E-state index contributed by atoms with van der Waals surface area (Å²) in [6.07, 6.45) is 0. The van der Waals surface area contributed by atoms with Crippen LogP contribution in [0.4, 0.5) is 4.39 Å². The van der Waals surface area contributed by atoms with Crippen LogP contribution in [0.2, 0.25) is 0 Å². The molecule has 0 aromatic heterocycles. The fraction of sp³-hybridized carbons (Fsp3) is 0.300. The van der Waals surface area contributed by atoms with E-state index in [1.165, 1.54) is 25.2 Å². The Morgan fingerprint density at radius 2 is 2.12 bits per heavy atom. The Bertz CT molecular complexity index is 502. The van der Waals surface area contributed by atoms with Crippen LogP contribution in [0, 0.1) is 5.82 Å². The van der Waals surface area contributed by atoms with Gasteiger partial charge in [0.25, 0.3) is 5.91 Å². The van der Waals surface area contributed by atoms with Crippen LogP contribution >= 0.6 is 0 Å². The van der Waals surface area contributed by atoms with E-state index in [0.717, 1.165) is 6.07 Å². The highest BCUT2D eigenvalue weighted by atomic mass is 32.2. The fourth-order valence-electron chi connectivity index (χ4n) is 1.13. The number of rotatable bonds is 5. The standard InChI is InChI=1S/C10H13FN2O3S/c1-12-17(15,16)6-5-13-10(14)8-3-2-4-9(11)7-8/h2-4,7,12H,5-6H2,1H3,(H,13,14). The molecule has 1 rings (SSSR count). The molecule has 17 heavy (non-hydrogen) atoms. The Balaban J connectivity index is 2.51. The van der Waals surface area contributed by atoms with Gasteiger partial charge in [0, 0.05) is 12.1 Å². The van der Waals surface area contributed by atoms with Crippen molar-refractivity contribution < 1.29 is 17.6 Å². The van der Waals surface area contributed by atoms with Gasteiger partial charge in [0.15, 0.2) is 0 Å². The Morgan fingerprint density at radius 1 is 1.41 bits per heavy atom. The summed E-state index contributed by atoms with van der Waals surface area (Å²) in [7, 11) is -2.05. The topological polar surface area (TPSA) is 75.3 Å². The predicted molar refractivity (Wildman–Crippen MR) is 61.6 cm³/mol. The minimum absolute atomic E-state index is 0.0292. The Morgan fingerprint density at radius 3 is 2.71 bits per heavy atom.